The number of aryl methyl sites for hydroxylation is 3. The van der Waals surface area contributed by atoms with Crippen LogP contribution >= 0.6 is 10.8 Å². The zero-order chi connectivity index (χ0) is 40.2. The Hall–Kier alpha value is -4.95. The van der Waals surface area contributed by atoms with Crippen molar-refractivity contribution in [2.45, 2.75) is 62.2 Å². The molecule has 292 valence electrons. The number of aromatic nitrogens is 2. The van der Waals surface area contributed by atoms with E-state index in [1.54, 1.807) is 39.0 Å². The van der Waals surface area contributed by atoms with Crippen LogP contribution in [0.2, 0.25) is 0 Å². The van der Waals surface area contributed by atoms with Crippen molar-refractivity contribution in [3.05, 3.63) is 118 Å². The number of carbonyl (C=O) groups excluding carboxylic acids is 2. The highest BCUT2D eigenvalue weighted by molar-refractivity contribution is 8.23. The molecule has 2 atom stereocenters. The second-order valence-corrected chi connectivity index (χ2v) is 16.7. The van der Waals surface area contributed by atoms with Crippen molar-refractivity contribution in [2.75, 3.05) is 0 Å². The Bertz CT molecular complexity index is 2380. The Morgan fingerprint density at radius 2 is 1.58 bits per heavy atom. The van der Waals surface area contributed by atoms with Crippen molar-refractivity contribution in [1.29, 1.82) is 0 Å². The fourth-order valence-electron chi connectivity index (χ4n) is 6.29. The van der Waals surface area contributed by atoms with Crippen molar-refractivity contribution < 1.29 is 58.3 Å². The van der Waals surface area contributed by atoms with Gasteiger partial charge >= 0.3 is 18.3 Å². The lowest BCUT2D eigenvalue weighted by atomic mass is 9.92. The van der Waals surface area contributed by atoms with Crippen LogP contribution in [0.5, 0.6) is 0 Å². The van der Waals surface area contributed by atoms with Crippen LogP contribution in [0.25, 0.3) is 22.2 Å². The maximum absolute atomic E-state index is 14.7. The van der Waals surface area contributed by atoms with Crippen LogP contribution < -0.4 is 4.72 Å². The molecule has 4 N–H and O–H groups in total. The molecule has 5 aromatic rings. The van der Waals surface area contributed by atoms with E-state index in [-0.39, 0.29) is 45.0 Å². The number of para-hydroxylation sites is 2. The molecule has 1 aromatic heterocycles. The summed E-state index contributed by atoms with van der Waals surface area (Å²) in [5.41, 5.74) is 1.23. The van der Waals surface area contributed by atoms with Gasteiger partial charge < -0.3 is 9.82 Å². The van der Waals surface area contributed by atoms with E-state index in [9.17, 15) is 53.5 Å². The molecule has 0 aliphatic carbocycles. The van der Waals surface area contributed by atoms with Gasteiger partial charge in [-0.25, -0.2) is 18.2 Å². The summed E-state index contributed by atoms with van der Waals surface area (Å²) in [5.74, 6) is -3.92. The summed E-state index contributed by atoms with van der Waals surface area (Å²) in [6.45, 7) is 5.02. The van der Waals surface area contributed by atoms with Crippen molar-refractivity contribution in [1.82, 2.24) is 19.2 Å². The number of alkyl halides is 6. The average molecular weight is 811 g/mol. The van der Waals surface area contributed by atoms with Crippen LogP contribution in [0.1, 0.15) is 56.9 Å². The zero-order valence-corrected chi connectivity index (χ0v) is 30.6. The maximum atomic E-state index is 14.7. The summed E-state index contributed by atoms with van der Waals surface area (Å²) >= 11 is 0. The van der Waals surface area contributed by atoms with Gasteiger partial charge in [0.05, 0.1) is 27.9 Å². The summed E-state index contributed by atoms with van der Waals surface area (Å²) in [6, 6.07) is 14.8. The normalized spacial score (nSPS) is 17.3. The minimum atomic E-state index is -5.74. The minimum Gasteiger partial charge on any atom is -0.344 e. The molecule has 0 radical (unpaired) electrons. The van der Waals surface area contributed by atoms with Crippen LogP contribution in [0.3, 0.4) is 0 Å². The van der Waals surface area contributed by atoms with E-state index in [0.29, 0.717) is 16.6 Å². The molecule has 1 aliphatic rings. The lowest BCUT2D eigenvalue weighted by Gasteiger charge is -2.33. The predicted molar refractivity (Wildman–Crippen MR) is 190 cm³/mol. The van der Waals surface area contributed by atoms with Gasteiger partial charge in [0.1, 0.15) is 17.1 Å². The molecule has 6 rings (SSSR count). The summed E-state index contributed by atoms with van der Waals surface area (Å²) < 4.78 is 137. The van der Waals surface area contributed by atoms with Gasteiger partial charge in [0.15, 0.2) is 0 Å². The quantitative estimate of drug-likeness (QED) is 0.0853. The van der Waals surface area contributed by atoms with Crippen molar-refractivity contribution in [2.24, 2.45) is 0 Å². The number of amides is 1. The molecule has 0 saturated carbocycles. The van der Waals surface area contributed by atoms with Gasteiger partial charge in [0.25, 0.3) is 10.0 Å². The molecule has 1 saturated heterocycles. The van der Waals surface area contributed by atoms with E-state index in [1.807, 2.05) is 0 Å². The van der Waals surface area contributed by atoms with Crippen LogP contribution in [0, 0.1) is 20.8 Å². The number of rotatable bonds is 9. The molecule has 55 heavy (non-hydrogen) atoms. The third kappa shape index (κ3) is 8.06. The number of halogens is 6. The van der Waals surface area contributed by atoms with E-state index in [1.165, 1.54) is 42.5 Å². The minimum absolute atomic E-state index is 0.141. The predicted octanol–water partition coefficient (Wildman–Crippen LogP) is 8.40. The van der Waals surface area contributed by atoms with E-state index in [2.05, 4.69) is 19.5 Å². The average Bonchev–Trinajstić information content (AvgIpc) is 3.65. The van der Waals surface area contributed by atoms with Crippen LogP contribution in [-0.2, 0) is 37.0 Å². The largest absolute Gasteiger partial charge is 0.492 e. The Morgan fingerprint density at radius 3 is 2.18 bits per heavy atom. The Labute approximate surface area is 311 Å². The fourth-order valence-corrected chi connectivity index (χ4v) is 9.16. The van der Waals surface area contributed by atoms with Crippen molar-refractivity contribution >= 4 is 43.7 Å². The third-order valence-electron chi connectivity index (χ3n) is 9.16. The van der Waals surface area contributed by atoms with Gasteiger partial charge in [-0.15, -0.1) is 10.8 Å². The van der Waals surface area contributed by atoms with Gasteiger partial charge in [0, 0.05) is 0 Å². The van der Waals surface area contributed by atoms with Crippen molar-refractivity contribution in [3.63, 3.8) is 0 Å². The number of hydrogen-bond acceptors (Lipinski definition) is 8. The smallest absolute Gasteiger partial charge is 0.344 e. The summed E-state index contributed by atoms with van der Waals surface area (Å²) in [4.78, 5) is 34.9. The SMILES string of the molecule is Cc1cc(C)c(-c2ccc(S(=O)(=O)N(OC(=O)C(F)(F)F)[C@@H](Cc3ccc(C4CC(=O)NS4(O)O)cc3)c3nc4ccccc4[nH]3)cc2C(F)(F)F)cc1C. The molecule has 1 amide bonds. The number of sulfonamides is 1. The fraction of sp³-hybridized carbons (Fsp3) is 0.250. The number of nitrogens with one attached hydrogen (secondary N) is 2. The first-order chi connectivity index (χ1) is 25.6. The monoisotopic (exact) mass is 810 g/mol. The first-order valence-electron chi connectivity index (χ1n) is 16.3. The molecule has 1 unspecified atom stereocenters. The van der Waals surface area contributed by atoms with Gasteiger partial charge in [-0.3, -0.25) is 18.6 Å². The number of hydroxylamine groups is 1. The summed E-state index contributed by atoms with van der Waals surface area (Å²) in [7, 11) is -9.15. The number of nitrogens with zero attached hydrogens (tertiary/aromatic N) is 2. The highest BCUT2D eigenvalue weighted by Gasteiger charge is 2.48. The lowest BCUT2D eigenvalue weighted by molar-refractivity contribution is -0.227. The molecule has 0 bridgehead atoms. The first kappa shape index (κ1) is 39.7. The number of hydrogen-bond donors (Lipinski definition) is 4. The highest BCUT2D eigenvalue weighted by Crippen LogP contribution is 2.56. The topological polar surface area (TPSA) is 162 Å². The summed E-state index contributed by atoms with van der Waals surface area (Å²) in [5, 5.41) is -1.04. The molecule has 11 nitrogen and oxygen atoms in total. The highest BCUT2D eigenvalue weighted by atomic mass is 32.3. The number of aromatic amines is 1. The number of imidazole rings is 1. The third-order valence-corrected chi connectivity index (χ3v) is 12.6. The van der Waals surface area contributed by atoms with Crippen LogP contribution in [0.4, 0.5) is 26.3 Å². The number of fused-ring (bicyclic) bond motifs is 1. The molecule has 19 heteroatoms. The Balaban J connectivity index is 1.50. The van der Waals surface area contributed by atoms with Gasteiger partial charge in [-0.1, -0.05) is 54.6 Å². The number of H-pyrrole nitrogens is 1. The van der Waals surface area contributed by atoms with E-state index < -0.39 is 78.8 Å². The molecule has 4 aromatic carbocycles. The Morgan fingerprint density at radius 1 is 0.927 bits per heavy atom. The molecule has 1 aliphatic heterocycles. The molecular formula is C36H32F6N4O7S2. The second-order valence-electron chi connectivity index (χ2n) is 13.0. The maximum Gasteiger partial charge on any atom is 0.492 e. The lowest BCUT2D eigenvalue weighted by Crippen LogP contribution is -2.42. The Kier molecular flexibility index (Phi) is 10.3. The van der Waals surface area contributed by atoms with E-state index >= 15 is 0 Å². The van der Waals surface area contributed by atoms with Crippen LogP contribution in [-0.4, -0.2) is 50.0 Å². The summed E-state index contributed by atoms with van der Waals surface area (Å²) in [6.07, 6.45) is -11.7. The standard InChI is InChI=1S/C36H32F6N4O7S2/c1-19-14-21(3)26(15-20(19)2)25-13-12-24(17-27(25)35(37,38)39)55(51,52)46(53-34(48)36(40,41)42)30(33-43-28-6-4-5-7-29(28)44-33)16-22-8-10-23(11-9-22)31-18-32(47)45-54(31,49)50/h4-15,17,30-31,49-50H,16,18H2,1-3H3,(H,43,44)(H,45,47)/t30-,31?/m0/s1. The molecular weight excluding hydrogens is 779 g/mol. The molecule has 1 fully saturated rings. The zero-order valence-electron chi connectivity index (χ0n) is 29.0. The molecule has 2 heterocycles. The van der Waals surface area contributed by atoms with E-state index in [4.69, 9.17) is 0 Å². The van der Waals surface area contributed by atoms with Gasteiger partial charge in [0.2, 0.25) is 5.91 Å². The molecule has 0 spiro atoms. The first-order valence-corrected chi connectivity index (χ1v) is 19.4. The van der Waals surface area contributed by atoms with Crippen molar-refractivity contribution in [3.8, 4) is 11.1 Å². The van der Waals surface area contributed by atoms with Crippen LogP contribution in [0.15, 0.2) is 83.8 Å². The second kappa shape index (κ2) is 14.3. The number of benzene rings is 4. The van der Waals surface area contributed by atoms with E-state index in [0.717, 1.165) is 17.7 Å². The van der Waals surface area contributed by atoms with Gasteiger partial charge in [-0.2, -0.15) is 26.3 Å². The number of carbonyl (C=O) groups is 2. The van der Waals surface area contributed by atoms with Gasteiger partial charge in [-0.05, 0) is 94.9 Å².